The van der Waals surface area contributed by atoms with Crippen molar-refractivity contribution in [2.24, 2.45) is 5.92 Å². The van der Waals surface area contributed by atoms with Gasteiger partial charge in [-0.05, 0) is 39.5 Å². The lowest BCUT2D eigenvalue weighted by atomic mass is 10.2. The van der Waals surface area contributed by atoms with E-state index in [1.54, 1.807) is 0 Å². The first-order valence-electron chi connectivity index (χ1n) is 7.01. The molecule has 106 valence electrons. The SMILES string of the molecule is CCNc1nc(OCC)nc(N(C)C(C)C2CC2)n1. The molecule has 0 bridgehead atoms. The van der Waals surface area contributed by atoms with E-state index in [-0.39, 0.29) is 0 Å². The molecule has 1 aliphatic carbocycles. The molecule has 6 heteroatoms. The van der Waals surface area contributed by atoms with Crippen LogP contribution in [0.4, 0.5) is 11.9 Å². The van der Waals surface area contributed by atoms with Gasteiger partial charge in [0.05, 0.1) is 6.61 Å². The Morgan fingerprint density at radius 1 is 1.32 bits per heavy atom. The summed E-state index contributed by atoms with van der Waals surface area (Å²) in [4.78, 5) is 15.2. The van der Waals surface area contributed by atoms with Crippen molar-refractivity contribution in [2.75, 3.05) is 30.4 Å². The molecule has 19 heavy (non-hydrogen) atoms. The van der Waals surface area contributed by atoms with E-state index in [9.17, 15) is 0 Å². The Morgan fingerprint density at radius 3 is 2.63 bits per heavy atom. The highest BCUT2D eigenvalue weighted by atomic mass is 16.5. The van der Waals surface area contributed by atoms with Gasteiger partial charge in [-0.2, -0.15) is 15.0 Å². The van der Waals surface area contributed by atoms with Crippen LogP contribution >= 0.6 is 0 Å². The molecule has 0 radical (unpaired) electrons. The molecular weight excluding hydrogens is 242 g/mol. The van der Waals surface area contributed by atoms with E-state index in [1.807, 2.05) is 20.9 Å². The minimum absolute atomic E-state index is 0.387. The molecule has 0 saturated heterocycles. The first-order valence-corrected chi connectivity index (χ1v) is 7.01. The standard InChI is InChI=1S/C13H23N5O/c1-5-14-11-15-12(17-13(16-11)19-6-2)18(4)9(3)10-7-8-10/h9-10H,5-8H2,1-4H3,(H,14,15,16,17). The van der Waals surface area contributed by atoms with E-state index < -0.39 is 0 Å². The molecule has 1 aliphatic rings. The third kappa shape index (κ3) is 3.45. The fourth-order valence-electron chi connectivity index (χ4n) is 2.01. The number of aromatic nitrogens is 3. The maximum atomic E-state index is 5.41. The Morgan fingerprint density at radius 2 is 2.05 bits per heavy atom. The molecule has 1 unspecified atom stereocenters. The summed E-state index contributed by atoms with van der Waals surface area (Å²) >= 11 is 0. The van der Waals surface area contributed by atoms with Crippen LogP contribution in [0.3, 0.4) is 0 Å². The number of nitrogens with zero attached hydrogens (tertiary/aromatic N) is 4. The highest BCUT2D eigenvalue weighted by molar-refractivity contribution is 5.38. The van der Waals surface area contributed by atoms with Crippen LogP contribution in [-0.4, -0.2) is 41.2 Å². The van der Waals surface area contributed by atoms with Gasteiger partial charge in [0.1, 0.15) is 0 Å². The zero-order chi connectivity index (χ0) is 13.8. The zero-order valence-corrected chi connectivity index (χ0v) is 12.2. The van der Waals surface area contributed by atoms with E-state index in [1.165, 1.54) is 12.8 Å². The van der Waals surface area contributed by atoms with Gasteiger partial charge in [-0.3, -0.25) is 0 Å². The van der Waals surface area contributed by atoms with Crippen molar-refractivity contribution in [2.45, 2.75) is 39.7 Å². The van der Waals surface area contributed by atoms with Crippen molar-refractivity contribution in [3.8, 4) is 6.01 Å². The number of nitrogens with one attached hydrogen (secondary N) is 1. The Bertz CT molecular complexity index is 397. The van der Waals surface area contributed by atoms with E-state index in [0.717, 1.165) is 12.5 Å². The quantitative estimate of drug-likeness (QED) is 0.813. The lowest BCUT2D eigenvalue weighted by molar-refractivity contribution is 0.311. The zero-order valence-electron chi connectivity index (χ0n) is 12.2. The Labute approximate surface area is 114 Å². The minimum atomic E-state index is 0.387. The summed E-state index contributed by atoms with van der Waals surface area (Å²) in [6.07, 6.45) is 2.60. The second-order valence-electron chi connectivity index (χ2n) is 4.89. The predicted molar refractivity (Wildman–Crippen MR) is 75.7 cm³/mol. The van der Waals surface area contributed by atoms with Crippen molar-refractivity contribution in [1.82, 2.24) is 15.0 Å². The molecule has 1 atom stereocenters. The summed E-state index contributed by atoms with van der Waals surface area (Å²) in [7, 11) is 2.03. The van der Waals surface area contributed by atoms with E-state index in [0.29, 0.717) is 30.6 Å². The molecule has 0 aromatic carbocycles. The fraction of sp³-hybridized carbons (Fsp3) is 0.769. The fourth-order valence-corrected chi connectivity index (χ4v) is 2.01. The summed E-state index contributed by atoms with van der Waals surface area (Å²) < 4.78 is 5.41. The van der Waals surface area contributed by atoms with Crippen LogP contribution in [0.15, 0.2) is 0 Å². The van der Waals surface area contributed by atoms with Gasteiger partial charge >= 0.3 is 6.01 Å². The highest BCUT2D eigenvalue weighted by Gasteiger charge is 2.31. The molecule has 2 rings (SSSR count). The molecule has 1 saturated carbocycles. The van der Waals surface area contributed by atoms with Gasteiger partial charge in [0.25, 0.3) is 0 Å². The average Bonchev–Trinajstić information content (AvgIpc) is 3.22. The maximum Gasteiger partial charge on any atom is 0.323 e. The summed E-state index contributed by atoms with van der Waals surface area (Å²) in [6, 6.07) is 0.838. The molecule has 1 fully saturated rings. The molecule has 0 aliphatic heterocycles. The summed E-state index contributed by atoms with van der Waals surface area (Å²) in [6.45, 7) is 7.48. The number of ether oxygens (including phenoxy) is 1. The number of hydrogen-bond donors (Lipinski definition) is 1. The second-order valence-corrected chi connectivity index (χ2v) is 4.89. The van der Waals surface area contributed by atoms with Gasteiger partial charge in [-0.15, -0.1) is 0 Å². The molecule has 0 amide bonds. The monoisotopic (exact) mass is 265 g/mol. The van der Waals surface area contributed by atoms with Gasteiger partial charge in [-0.1, -0.05) is 0 Å². The van der Waals surface area contributed by atoms with E-state index in [4.69, 9.17) is 4.74 Å². The summed E-state index contributed by atoms with van der Waals surface area (Å²) in [5, 5.41) is 3.12. The molecule has 1 N–H and O–H groups in total. The molecule has 1 aromatic rings. The van der Waals surface area contributed by atoms with Gasteiger partial charge in [-0.25, -0.2) is 0 Å². The number of anilines is 2. The molecule has 1 heterocycles. The third-order valence-electron chi connectivity index (χ3n) is 3.44. The van der Waals surface area contributed by atoms with Crippen LogP contribution in [0.1, 0.15) is 33.6 Å². The summed E-state index contributed by atoms with van der Waals surface area (Å²) in [5.74, 6) is 2.01. The van der Waals surface area contributed by atoms with Crippen LogP contribution in [0, 0.1) is 5.92 Å². The lowest BCUT2D eigenvalue weighted by Gasteiger charge is -2.25. The van der Waals surface area contributed by atoms with Gasteiger partial charge < -0.3 is 15.0 Å². The van der Waals surface area contributed by atoms with Crippen molar-refractivity contribution in [3.63, 3.8) is 0 Å². The van der Waals surface area contributed by atoms with E-state index in [2.05, 4.69) is 32.1 Å². The molecular formula is C13H23N5O. The Balaban J connectivity index is 2.21. The summed E-state index contributed by atoms with van der Waals surface area (Å²) in [5.41, 5.74) is 0. The van der Waals surface area contributed by atoms with Crippen molar-refractivity contribution < 1.29 is 4.74 Å². The van der Waals surface area contributed by atoms with Crippen molar-refractivity contribution in [1.29, 1.82) is 0 Å². The van der Waals surface area contributed by atoms with Crippen molar-refractivity contribution in [3.05, 3.63) is 0 Å². The van der Waals surface area contributed by atoms with Crippen molar-refractivity contribution >= 4 is 11.9 Å². The average molecular weight is 265 g/mol. The lowest BCUT2D eigenvalue weighted by Crippen LogP contribution is -2.32. The smallest absolute Gasteiger partial charge is 0.323 e. The van der Waals surface area contributed by atoms with E-state index >= 15 is 0 Å². The molecule has 1 aromatic heterocycles. The second kappa shape index (κ2) is 6.04. The Kier molecular flexibility index (Phi) is 4.39. The largest absolute Gasteiger partial charge is 0.464 e. The predicted octanol–water partition coefficient (Wildman–Crippen LogP) is 1.94. The number of hydrogen-bond acceptors (Lipinski definition) is 6. The van der Waals surface area contributed by atoms with Gasteiger partial charge in [0.15, 0.2) is 0 Å². The molecule has 6 nitrogen and oxygen atoms in total. The third-order valence-corrected chi connectivity index (χ3v) is 3.44. The van der Waals surface area contributed by atoms with Crippen LogP contribution in [0.25, 0.3) is 0 Å². The normalized spacial score (nSPS) is 16.0. The molecule has 0 spiro atoms. The van der Waals surface area contributed by atoms with Crippen LogP contribution < -0.4 is 15.0 Å². The van der Waals surface area contributed by atoms with Crippen LogP contribution in [0.5, 0.6) is 6.01 Å². The topological polar surface area (TPSA) is 63.2 Å². The first-order chi connectivity index (χ1) is 9.15. The minimum Gasteiger partial charge on any atom is -0.464 e. The van der Waals surface area contributed by atoms with Gasteiger partial charge in [0.2, 0.25) is 11.9 Å². The maximum absolute atomic E-state index is 5.41. The van der Waals surface area contributed by atoms with Crippen LogP contribution in [0.2, 0.25) is 0 Å². The van der Waals surface area contributed by atoms with Gasteiger partial charge in [0, 0.05) is 19.6 Å². The number of rotatable bonds is 7. The van der Waals surface area contributed by atoms with Crippen LogP contribution in [-0.2, 0) is 0 Å². The Hall–Kier alpha value is -1.59. The first kappa shape index (κ1) is 13.8. The highest BCUT2D eigenvalue weighted by Crippen LogP contribution is 2.35.